The minimum Gasteiger partial charge on any atom is -0.299 e. The third kappa shape index (κ3) is 1.62. The number of rotatable bonds is 2. The van der Waals surface area contributed by atoms with Crippen LogP contribution in [0.2, 0.25) is 0 Å². The van der Waals surface area contributed by atoms with Gasteiger partial charge in [-0.15, -0.1) is 0 Å². The third-order valence-electron chi connectivity index (χ3n) is 3.97. The molecule has 0 spiro atoms. The van der Waals surface area contributed by atoms with Gasteiger partial charge in [-0.3, -0.25) is 9.59 Å². The standard InChI is InChI=1S/C12H18O2/c1-8(9-4-2-6-11(9)13)10-5-3-7-12(10)14/h8-10H,2-7H2,1H3/t9-,10-/m1/s1. The third-order valence-corrected chi connectivity index (χ3v) is 3.97. The molecule has 0 amide bonds. The van der Waals surface area contributed by atoms with Crippen molar-refractivity contribution in [2.75, 3.05) is 0 Å². The van der Waals surface area contributed by atoms with Gasteiger partial charge < -0.3 is 0 Å². The Balaban J connectivity index is 2.03. The molecule has 0 aromatic rings. The Bertz CT molecular complexity index is 231. The molecular weight excluding hydrogens is 176 g/mol. The molecule has 0 saturated heterocycles. The summed E-state index contributed by atoms with van der Waals surface area (Å²) < 4.78 is 0. The zero-order chi connectivity index (χ0) is 10.1. The molecule has 0 heterocycles. The molecule has 2 aliphatic carbocycles. The van der Waals surface area contributed by atoms with E-state index in [9.17, 15) is 9.59 Å². The zero-order valence-corrected chi connectivity index (χ0v) is 8.79. The molecule has 2 nitrogen and oxygen atoms in total. The van der Waals surface area contributed by atoms with E-state index in [4.69, 9.17) is 0 Å². The average molecular weight is 194 g/mol. The predicted octanol–water partition coefficient (Wildman–Crippen LogP) is 2.36. The summed E-state index contributed by atoms with van der Waals surface area (Å²) in [6, 6.07) is 0. The van der Waals surface area contributed by atoms with Gasteiger partial charge in [0.25, 0.3) is 0 Å². The van der Waals surface area contributed by atoms with Crippen LogP contribution in [0.5, 0.6) is 0 Å². The Labute approximate surface area is 85.1 Å². The van der Waals surface area contributed by atoms with E-state index in [1.165, 1.54) is 0 Å². The number of hydrogen-bond acceptors (Lipinski definition) is 2. The van der Waals surface area contributed by atoms with Crippen molar-refractivity contribution in [3.63, 3.8) is 0 Å². The molecule has 78 valence electrons. The van der Waals surface area contributed by atoms with E-state index in [0.717, 1.165) is 38.5 Å². The number of ketones is 2. The molecule has 14 heavy (non-hydrogen) atoms. The lowest BCUT2D eigenvalue weighted by Crippen LogP contribution is -2.26. The van der Waals surface area contributed by atoms with Gasteiger partial charge in [0.05, 0.1) is 0 Å². The highest BCUT2D eigenvalue weighted by Crippen LogP contribution is 2.38. The first-order valence-electron chi connectivity index (χ1n) is 5.75. The van der Waals surface area contributed by atoms with Crippen molar-refractivity contribution in [2.45, 2.75) is 45.4 Å². The van der Waals surface area contributed by atoms with Gasteiger partial charge in [0.1, 0.15) is 11.6 Å². The molecular formula is C12H18O2. The highest BCUT2D eigenvalue weighted by atomic mass is 16.1. The Kier molecular flexibility index (Phi) is 2.71. The van der Waals surface area contributed by atoms with E-state index in [0.29, 0.717) is 17.5 Å². The first kappa shape index (κ1) is 9.88. The van der Waals surface area contributed by atoms with Crippen LogP contribution in [0.1, 0.15) is 45.4 Å². The van der Waals surface area contributed by atoms with E-state index in [1.54, 1.807) is 0 Å². The van der Waals surface area contributed by atoms with Crippen molar-refractivity contribution in [1.82, 2.24) is 0 Å². The Morgan fingerprint density at radius 2 is 1.43 bits per heavy atom. The molecule has 0 N–H and O–H groups in total. The van der Waals surface area contributed by atoms with Gasteiger partial charge >= 0.3 is 0 Å². The van der Waals surface area contributed by atoms with Crippen molar-refractivity contribution < 1.29 is 9.59 Å². The van der Waals surface area contributed by atoms with Gasteiger partial charge in [-0.05, 0) is 31.6 Å². The largest absolute Gasteiger partial charge is 0.299 e. The van der Waals surface area contributed by atoms with Crippen LogP contribution in [0, 0.1) is 17.8 Å². The van der Waals surface area contributed by atoms with E-state index in [1.807, 2.05) is 0 Å². The van der Waals surface area contributed by atoms with E-state index >= 15 is 0 Å². The molecule has 0 bridgehead atoms. The van der Waals surface area contributed by atoms with Gasteiger partial charge in [0, 0.05) is 24.7 Å². The number of carbonyl (C=O) groups is 2. The Morgan fingerprint density at radius 1 is 1.00 bits per heavy atom. The second-order valence-corrected chi connectivity index (χ2v) is 4.79. The van der Waals surface area contributed by atoms with Gasteiger partial charge in [-0.2, -0.15) is 0 Å². The lowest BCUT2D eigenvalue weighted by atomic mass is 9.80. The van der Waals surface area contributed by atoms with Gasteiger partial charge in [-0.25, -0.2) is 0 Å². The highest BCUT2D eigenvalue weighted by Gasteiger charge is 2.38. The molecule has 2 aliphatic rings. The predicted molar refractivity (Wildman–Crippen MR) is 53.9 cm³/mol. The molecule has 0 aromatic heterocycles. The monoisotopic (exact) mass is 194 g/mol. The Morgan fingerprint density at radius 3 is 1.71 bits per heavy atom. The summed E-state index contributed by atoms with van der Waals surface area (Å²) in [4.78, 5) is 23.1. The maximum atomic E-state index is 11.6. The van der Waals surface area contributed by atoms with E-state index in [2.05, 4.69) is 6.92 Å². The quantitative estimate of drug-likeness (QED) is 0.676. The molecule has 2 fully saturated rings. The van der Waals surface area contributed by atoms with Crippen LogP contribution in [-0.4, -0.2) is 11.6 Å². The highest BCUT2D eigenvalue weighted by molar-refractivity contribution is 5.86. The SMILES string of the molecule is CC([C@H]1CCCC1=O)[C@H]1CCCC1=O. The van der Waals surface area contributed by atoms with Crippen LogP contribution in [0.4, 0.5) is 0 Å². The van der Waals surface area contributed by atoms with Crippen LogP contribution >= 0.6 is 0 Å². The number of carbonyl (C=O) groups excluding carboxylic acids is 2. The molecule has 2 rings (SSSR count). The van der Waals surface area contributed by atoms with E-state index in [-0.39, 0.29) is 11.8 Å². The Hall–Kier alpha value is -0.660. The fraction of sp³-hybridized carbons (Fsp3) is 0.833. The van der Waals surface area contributed by atoms with Crippen LogP contribution in [-0.2, 0) is 9.59 Å². The summed E-state index contributed by atoms with van der Waals surface area (Å²) in [6.07, 6.45) is 5.60. The first-order valence-corrected chi connectivity index (χ1v) is 5.75. The summed E-state index contributed by atoms with van der Waals surface area (Å²) in [7, 11) is 0. The molecule has 2 saturated carbocycles. The second-order valence-electron chi connectivity index (χ2n) is 4.79. The summed E-state index contributed by atoms with van der Waals surface area (Å²) in [5.74, 6) is 1.50. The number of Topliss-reactive ketones (excluding diaryl/α,β-unsaturated/α-hetero) is 2. The van der Waals surface area contributed by atoms with Crippen LogP contribution in [0.15, 0.2) is 0 Å². The molecule has 0 radical (unpaired) electrons. The van der Waals surface area contributed by atoms with Crippen molar-refractivity contribution in [3.8, 4) is 0 Å². The fourth-order valence-corrected chi connectivity index (χ4v) is 3.08. The van der Waals surface area contributed by atoms with Crippen LogP contribution < -0.4 is 0 Å². The summed E-state index contributed by atoms with van der Waals surface area (Å²) in [5.41, 5.74) is 0. The lowest BCUT2D eigenvalue weighted by Gasteiger charge is -2.22. The zero-order valence-electron chi connectivity index (χ0n) is 8.79. The minimum absolute atomic E-state index is 0.196. The summed E-state index contributed by atoms with van der Waals surface area (Å²) in [6.45, 7) is 2.10. The maximum absolute atomic E-state index is 11.6. The van der Waals surface area contributed by atoms with Crippen molar-refractivity contribution in [3.05, 3.63) is 0 Å². The summed E-state index contributed by atoms with van der Waals surface area (Å²) in [5, 5.41) is 0. The van der Waals surface area contributed by atoms with Crippen LogP contribution in [0.25, 0.3) is 0 Å². The molecule has 2 atom stereocenters. The number of hydrogen-bond donors (Lipinski definition) is 0. The second kappa shape index (κ2) is 3.84. The van der Waals surface area contributed by atoms with Gasteiger partial charge in [0.15, 0.2) is 0 Å². The van der Waals surface area contributed by atoms with Crippen molar-refractivity contribution in [1.29, 1.82) is 0 Å². The molecule has 0 unspecified atom stereocenters. The van der Waals surface area contributed by atoms with Crippen molar-refractivity contribution >= 4 is 11.6 Å². The minimum atomic E-state index is 0.196. The molecule has 0 aromatic carbocycles. The van der Waals surface area contributed by atoms with E-state index < -0.39 is 0 Å². The van der Waals surface area contributed by atoms with Crippen molar-refractivity contribution in [2.24, 2.45) is 17.8 Å². The topological polar surface area (TPSA) is 34.1 Å². The smallest absolute Gasteiger partial charge is 0.136 e. The normalized spacial score (nSPS) is 33.3. The lowest BCUT2D eigenvalue weighted by molar-refractivity contribution is -0.125. The van der Waals surface area contributed by atoms with Crippen LogP contribution in [0.3, 0.4) is 0 Å². The van der Waals surface area contributed by atoms with Gasteiger partial charge in [0.2, 0.25) is 0 Å². The average Bonchev–Trinajstić information content (AvgIpc) is 2.73. The molecule has 2 heteroatoms. The fourth-order valence-electron chi connectivity index (χ4n) is 3.08. The first-order chi connectivity index (χ1) is 6.70. The summed E-state index contributed by atoms with van der Waals surface area (Å²) >= 11 is 0. The van der Waals surface area contributed by atoms with Gasteiger partial charge in [-0.1, -0.05) is 6.92 Å². The maximum Gasteiger partial charge on any atom is 0.136 e. The molecule has 0 aliphatic heterocycles.